The van der Waals surface area contributed by atoms with E-state index in [1.54, 1.807) is 27.7 Å². The van der Waals surface area contributed by atoms with E-state index in [0.29, 0.717) is 6.42 Å². The molecule has 0 spiro atoms. The van der Waals surface area contributed by atoms with E-state index in [2.05, 4.69) is 16.0 Å². The molecule has 9 heteroatoms. The summed E-state index contributed by atoms with van der Waals surface area (Å²) in [6.45, 7) is 14.7. The minimum absolute atomic E-state index is 0.00434. The maximum atomic E-state index is 12.4. The van der Waals surface area contributed by atoms with Crippen molar-refractivity contribution in [1.82, 2.24) is 16.0 Å². The van der Waals surface area contributed by atoms with E-state index in [-0.39, 0.29) is 42.9 Å². The van der Waals surface area contributed by atoms with Gasteiger partial charge in [-0.15, -0.1) is 0 Å². The molecule has 0 aliphatic heterocycles. The van der Waals surface area contributed by atoms with Crippen molar-refractivity contribution in [3.8, 4) is 0 Å². The van der Waals surface area contributed by atoms with Gasteiger partial charge < -0.3 is 25.8 Å². The average Bonchev–Trinajstić information content (AvgIpc) is 2.49. The highest BCUT2D eigenvalue weighted by Crippen LogP contribution is 2.11. The minimum atomic E-state index is -0.968. The summed E-state index contributed by atoms with van der Waals surface area (Å²) in [5.74, 6) is -1.33. The summed E-state index contributed by atoms with van der Waals surface area (Å²) in [7, 11) is 0. The van der Waals surface area contributed by atoms with Crippen molar-refractivity contribution in [3.05, 3.63) is 0 Å². The first-order valence-corrected chi connectivity index (χ1v) is 10.9. The molecule has 0 saturated heterocycles. The fourth-order valence-electron chi connectivity index (χ4n) is 3.03. The Morgan fingerprint density at radius 2 is 1.39 bits per heavy atom. The first-order chi connectivity index (χ1) is 14.1. The van der Waals surface area contributed by atoms with Crippen molar-refractivity contribution >= 4 is 23.9 Å². The van der Waals surface area contributed by atoms with Gasteiger partial charge in [0, 0.05) is 31.0 Å². The van der Waals surface area contributed by atoms with Crippen LogP contribution in [0.25, 0.3) is 0 Å². The molecule has 180 valence electrons. The van der Waals surface area contributed by atoms with Gasteiger partial charge in [-0.3, -0.25) is 14.4 Å². The van der Waals surface area contributed by atoms with Gasteiger partial charge in [-0.25, -0.2) is 4.79 Å². The van der Waals surface area contributed by atoms with Crippen molar-refractivity contribution in [1.29, 1.82) is 0 Å². The molecular formula is C22H41N3O6. The van der Waals surface area contributed by atoms with Gasteiger partial charge in [0.2, 0.25) is 11.8 Å². The van der Waals surface area contributed by atoms with E-state index in [4.69, 9.17) is 9.84 Å². The van der Waals surface area contributed by atoms with E-state index >= 15 is 0 Å². The molecule has 9 nitrogen and oxygen atoms in total. The average molecular weight is 444 g/mol. The lowest BCUT2D eigenvalue weighted by atomic mass is 10.00. The number of carbonyl (C=O) groups is 4. The maximum Gasteiger partial charge on any atom is 0.407 e. The maximum absolute atomic E-state index is 12.4. The molecule has 31 heavy (non-hydrogen) atoms. The van der Waals surface area contributed by atoms with E-state index in [1.807, 2.05) is 27.7 Å². The predicted molar refractivity (Wildman–Crippen MR) is 118 cm³/mol. The molecule has 0 bridgehead atoms. The summed E-state index contributed by atoms with van der Waals surface area (Å²) in [5.41, 5.74) is -0.635. The number of carboxylic acid groups (broad SMARTS) is 1. The van der Waals surface area contributed by atoms with Crippen LogP contribution in [0.4, 0.5) is 4.79 Å². The smallest absolute Gasteiger partial charge is 0.407 e. The zero-order valence-electron chi connectivity index (χ0n) is 20.2. The Hall–Kier alpha value is -2.32. The number of hydrogen-bond acceptors (Lipinski definition) is 5. The molecule has 3 atom stereocenters. The summed E-state index contributed by atoms with van der Waals surface area (Å²) in [6.07, 6.45) is -0.0765. The fourth-order valence-corrected chi connectivity index (χ4v) is 3.03. The van der Waals surface area contributed by atoms with Gasteiger partial charge in [0.05, 0.1) is 6.42 Å². The van der Waals surface area contributed by atoms with E-state index in [1.165, 1.54) is 0 Å². The summed E-state index contributed by atoms with van der Waals surface area (Å²) in [5, 5.41) is 17.3. The lowest BCUT2D eigenvalue weighted by Gasteiger charge is -2.26. The fraction of sp³-hybridized carbons (Fsp3) is 0.818. The molecule has 0 rings (SSSR count). The third kappa shape index (κ3) is 15.2. The van der Waals surface area contributed by atoms with Crippen LogP contribution in [0.15, 0.2) is 0 Å². The highest BCUT2D eigenvalue weighted by Gasteiger charge is 2.25. The van der Waals surface area contributed by atoms with Crippen LogP contribution in [0.2, 0.25) is 0 Å². The summed E-state index contributed by atoms with van der Waals surface area (Å²) in [6, 6.07) is -1.30. The summed E-state index contributed by atoms with van der Waals surface area (Å²) in [4.78, 5) is 47.7. The number of amides is 3. The predicted octanol–water partition coefficient (Wildman–Crippen LogP) is 2.83. The van der Waals surface area contributed by atoms with Crippen molar-refractivity contribution in [2.24, 2.45) is 11.8 Å². The Bertz CT molecular complexity index is 613. The van der Waals surface area contributed by atoms with Gasteiger partial charge in [0.1, 0.15) is 5.60 Å². The van der Waals surface area contributed by atoms with Crippen molar-refractivity contribution in [2.75, 3.05) is 0 Å². The molecule has 0 radical (unpaired) electrons. The first kappa shape index (κ1) is 28.7. The Balaban J connectivity index is 4.68. The Morgan fingerprint density at radius 1 is 0.839 bits per heavy atom. The third-order valence-corrected chi connectivity index (χ3v) is 4.35. The lowest BCUT2D eigenvalue weighted by molar-refractivity contribution is -0.137. The molecule has 0 heterocycles. The molecule has 0 unspecified atom stereocenters. The molecule has 0 aliphatic carbocycles. The van der Waals surface area contributed by atoms with Crippen molar-refractivity contribution < 1.29 is 29.0 Å². The van der Waals surface area contributed by atoms with E-state index in [0.717, 1.165) is 0 Å². The van der Waals surface area contributed by atoms with Gasteiger partial charge in [0.25, 0.3) is 0 Å². The lowest BCUT2D eigenvalue weighted by Crippen LogP contribution is -2.46. The third-order valence-electron chi connectivity index (χ3n) is 4.35. The highest BCUT2D eigenvalue weighted by molar-refractivity contribution is 5.81. The molecule has 0 fully saturated rings. The zero-order valence-corrected chi connectivity index (χ0v) is 20.2. The van der Waals surface area contributed by atoms with Crippen LogP contribution >= 0.6 is 0 Å². The van der Waals surface area contributed by atoms with Crippen molar-refractivity contribution in [3.63, 3.8) is 0 Å². The van der Waals surface area contributed by atoms with Crippen molar-refractivity contribution in [2.45, 2.75) is 105 Å². The van der Waals surface area contributed by atoms with Gasteiger partial charge >= 0.3 is 12.1 Å². The molecule has 0 aromatic carbocycles. The molecule has 4 N–H and O–H groups in total. The number of carboxylic acids is 1. The number of hydrogen-bond donors (Lipinski definition) is 4. The quantitative estimate of drug-likeness (QED) is 0.366. The topological polar surface area (TPSA) is 134 Å². The largest absolute Gasteiger partial charge is 0.481 e. The molecule has 0 saturated carbocycles. The second kappa shape index (κ2) is 13.2. The standard InChI is InChI=1S/C22H41N3O6/c1-13(2)9-16(11-20(28)29)24-18(26)10-15(5)23-19(27)12-17(14(3)4)25-21(30)31-22(6,7)8/h13-17H,9-12H2,1-8H3,(H,23,27)(H,24,26)(H,25,30)(H,28,29)/t15-,16-,17+/m0/s1. The molecular weight excluding hydrogens is 402 g/mol. The molecule has 3 amide bonds. The normalized spacial score (nSPS) is 14.5. The zero-order chi connectivity index (χ0) is 24.4. The Morgan fingerprint density at radius 3 is 1.84 bits per heavy atom. The second-order valence-electron chi connectivity index (χ2n) is 9.87. The van der Waals surface area contributed by atoms with Crippen LogP contribution in [-0.2, 0) is 19.1 Å². The minimum Gasteiger partial charge on any atom is -0.481 e. The van der Waals surface area contributed by atoms with Gasteiger partial charge in [-0.05, 0) is 46.0 Å². The van der Waals surface area contributed by atoms with Gasteiger partial charge in [0.15, 0.2) is 0 Å². The monoisotopic (exact) mass is 443 g/mol. The number of alkyl carbamates (subject to hydrolysis) is 1. The molecule has 0 aromatic rings. The number of aliphatic carboxylic acids is 1. The Kier molecular flexibility index (Phi) is 12.2. The van der Waals surface area contributed by atoms with Crippen LogP contribution in [0.5, 0.6) is 0 Å². The number of carbonyl (C=O) groups excluding carboxylic acids is 3. The van der Waals surface area contributed by atoms with Crippen LogP contribution in [-0.4, -0.2) is 52.7 Å². The number of rotatable bonds is 12. The van der Waals surface area contributed by atoms with E-state index < -0.39 is 35.8 Å². The van der Waals surface area contributed by atoms with Crippen LogP contribution in [0, 0.1) is 11.8 Å². The SMILES string of the molecule is CC(C)C[C@@H](CC(=O)O)NC(=O)C[C@H](C)NC(=O)C[C@@H](NC(=O)OC(C)(C)C)C(C)C. The van der Waals surface area contributed by atoms with Crippen LogP contribution in [0.3, 0.4) is 0 Å². The Labute approximate surface area is 186 Å². The highest BCUT2D eigenvalue weighted by atomic mass is 16.6. The summed E-state index contributed by atoms with van der Waals surface area (Å²) < 4.78 is 5.25. The van der Waals surface area contributed by atoms with Crippen LogP contribution in [0.1, 0.15) is 81.1 Å². The van der Waals surface area contributed by atoms with E-state index in [9.17, 15) is 19.2 Å². The van der Waals surface area contributed by atoms with Gasteiger partial charge in [-0.1, -0.05) is 27.7 Å². The second-order valence-corrected chi connectivity index (χ2v) is 9.87. The van der Waals surface area contributed by atoms with Crippen LogP contribution < -0.4 is 16.0 Å². The summed E-state index contributed by atoms with van der Waals surface area (Å²) >= 11 is 0. The van der Waals surface area contributed by atoms with Gasteiger partial charge in [-0.2, -0.15) is 0 Å². The molecule has 0 aliphatic rings. The number of ether oxygens (including phenoxy) is 1. The number of nitrogens with one attached hydrogen (secondary N) is 3. The first-order valence-electron chi connectivity index (χ1n) is 10.9. The molecule has 0 aromatic heterocycles.